The van der Waals surface area contributed by atoms with E-state index >= 15 is 0 Å². The normalized spacial score (nSPS) is 17.8. The molecule has 0 bridgehead atoms. The van der Waals surface area contributed by atoms with Crippen molar-refractivity contribution in [1.82, 2.24) is 20.0 Å². The number of fused-ring (bicyclic) bond motifs is 1. The minimum Gasteiger partial charge on any atom is -0.361 e. The van der Waals surface area contributed by atoms with Gasteiger partial charge in [0, 0.05) is 12.1 Å². The highest BCUT2D eigenvalue weighted by Crippen LogP contribution is 2.31. The smallest absolute Gasteiger partial charge is 0.227 e. The van der Waals surface area contributed by atoms with Gasteiger partial charge in [0.05, 0.1) is 29.2 Å². The summed E-state index contributed by atoms with van der Waals surface area (Å²) in [6, 6.07) is 4.37. The van der Waals surface area contributed by atoms with Crippen LogP contribution >= 0.6 is 0 Å². The van der Waals surface area contributed by atoms with Crippen molar-refractivity contribution in [3.05, 3.63) is 46.9 Å². The number of nitrogens with zero attached hydrogens (tertiary/aromatic N) is 3. The Balaban J connectivity index is 1.62. The molecule has 2 aromatic heterocycles. The van der Waals surface area contributed by atoms with Crippen molar-refractivity contribution in [2.45, 2.75) is 45.6 Å². The number of aromatic amines is 1. The molecular formula is C19H21FN4O2. The summed E-state index contributed by atoms with van der Waals surface area (Å²) >= 11 is 0. The third kappa shape index (κ3) is 2.98. The summed E-state index contributed by atoms with van der Waals surface area (Å²) in [6.45, 7) is 4.36. The summed E-state index contributed by atoms with van der Waals surface area (Å²) in [5.74, 6) is 1.14. The van der Waals surface area contributed by atoms with E-state index in [1.807, 2.05) is 18.7 Å². The zero-order chi connectivity index (χ0) is 18.3. The second-order valence-electron chi connectivity index (χ2n) is 6.86. The number of amides is 1. The Hall–Kier alpha value is -2.70. The Morgan fingerprint density at radius 2 is 2.23 bits per heavy atom. The maximum atomic E-state index is 13.5. The van der Waals surface area contributed by atoms with Gasteiger partial charge in [0.2, 0.25) is 5.91 Å². The largest absolute Gasteiger partial charge is 0.361 e. The first-order valence-electron chi connectivity index (χ1n) is 8.89. The number of carbonyl (C=O) groups excluding carboxylic acids is 1. The molecule has 1 aromatic carbocycles. The zero-order valence-electron chi connectivity index (χ0n) is 14.9. The maximum Gasteiger partial charge on any atom is 0.227 e. The van der Waals surface area contributed by atoms with Gasteiger partial charge in [-0.05, 0) is 51.3 Å². The van der Waals surface area contributed by atoms with Gasteiger partial charge in [0.25, 0.3) is 0 Å². The SMILES string of the molecule is Cc1noc(C)c1CC(=O)N1CCCC[C@H]1c1nc2ccc(F)cc2[nH]1. The average molecular weight is 356 g/mol. The van der Waals surface area contributed by atoms with E-state index in [1.54, 1.807) is 6.07 Å². The fraction of sp³-hybridized carbons (Fsp3) is 0.421. The van der Waals surface area contributed by atoms with E-state index in [2.05, 4.69) is 15.1 Å². The summed E-state index contributed by atoms with van der Waals surface area (Å²) in [5, 5.41) is 3.93. The predicted molar refractivity (Wildman–Crippen MR) is 94.0 cm³/mol. The molecule has 6 nitrogen and oxygen atoms in total. The topological polar surface area (TPSA) is 75.0 Å². The number of piperidine rings is 1. The number of rotatable bonds is 3. The fourth-order valence-corrected chi connectivity index (χ4v) is 3.68. The molecule has 1 aliphatic heterocycles. The highest BCUT2D eigenvalue weighted by atomic mass is 19.1. The molecule has 1 aliphatic rings. The molecule has 7 heteroatoms. The molecule has 3 heterocycles. The molecule has 1 saturated heterocycles. The van der Waals surface area contributed by atoms with Gasteiger partial charge in [-0.3, -0.25) is 4.79 Å². The van der Waals surface area contributed by atoms with E-state index in [9.17, 15) is 9.18 Å². The molecular weight excluding hydrogens is 335 g/mol. The highest BCUT2D eigenvalue weighted by molar-refractivity contribution is 5.80. The molecule has 1 N–H and O–H groups in total. The Kier molecular flexibility index (Phi) is 4.22. The Morgan fingerprint density at radius 3 is 3.00 bits per heavy atom. The van der Waals surface area contributed by atoms with Crippen LogP contribution in [0.4, 0.5) is 4.39 Å². The molecule has 0 spiro atoms. The van der Waals surface area contributed by atoms with Crippen LogP contribution in [0.15, 0.2) is 22.7 Å². The number of carbonyl (C=O) groups is 1. The number of nitrogens with one attached hydrogen (secondary N) is 1. The van der Waals surface area contributed by atoms with Gasteiger partial charge >= 0.3 is 0 Å². The Labute approximate surface area is 150 Å². The van der Waals surface area contributed by atoms with Gasteiger partial charge in [-0.1, -0.05) is 5.16 Å². The van der Waals surface area contributed by atoms with E-state index in [0.717, 1.165) is 36.3 Å². The van der Waals surface area contributed by atoms with Crippen molar-refractivity contribution in [2.75, 3.05) is 6.54 Å². The van der Waals surface area contributed by atoms with Gasteiger partial charge in [0.15, 0.2) is 0 Å². The van der Waals surface area contributed by atoms with Crippen LogP contribution in [-0.2, 0) is 11.2 Å². The third-order valence-corrected chi connectivity index (χ3v) is 5.11. The summed E-state index contributed by atoms with van der Waals surface area (Å²) in [5.41, 5.74) is 2.98. The molecule has 1 atom stereocenters. The molecule has 1 fully saturated rings. The van der Waals surface area contributed by atoms with Crippen LogP contribution in [0.5, 0.6) is 0 Å². The highest BCUT2D eigenvalue weighted by Gasteiger charge is 2.31. The number of H-pyrrole nitrogens is 1. The van der Waals surface area contributed by atoms with E-state index in [4.69, 9.17) is 4.52 Å². The standard InChI is InChI=1S/C19H21FN4O2/c1-11-14(12(2)26-23-11)10-18(25)24-8-4-3-5-17(24)19-21-15-7-6-13(20)9-16(15)22-19/h6-7,9,17H,3-5,8,10H2,1-2H3,(H,21,22)/t17-/m0/s1. The van der Waals surface area contributed by atoms with Crippen molar-refractivity contribution in [2.24, 2.45) is 0 Å². The fourth-order valence-electron chi connectivity index (χ4n) is 3.68. The molecule has 4 rings (SSSR count). The second-order valence-corrected chi connectivity index (χ2v) is 6.86. The monoisotopic (exact) mass is 356 g/mol. The minimum absolute atomic E-state index is 0.0377. The number of aromatic nitrogens is 3. The van der Waals surface area contributed by atoms with E-state index in [0.29, 0.717) is 23.3 Å². The lowest BCUT2D eigenvalue weighted by molar-refractivity contribution is -0.134. The first kappa shape index (κ1) is 16.8. The van der Waals surface area contributed by atoms with Crippen molar-refractivity contribution in [3.8, 4) is 0 Å². The van der Waals surface area contributed by atoms with Gasteiger partial charge < -0.3 is 14.4 Å². The number of benzene rings is 1. The van der Waals surface area contributed by atoms with Crippen LogP contribution in [-0.4, -0.2) is 32.5 Å². The average Bonchev–Trinajstić information content (AvgIpc) is 3.19. The second kappa shape index (κ2) is 6.55. The Morgan fingerprint density at radius 1 is 1.38 bits per heavy atom. The van der Waals surface area contributed by atoms with Crippen LogP contribution < -0.4 is 0 Å². The van der Waals surface area contributed by atoms with Crippen LogP contribution in [0.3, 0.4) is 0 Å². The molecule has 0 saturated carbocycles. The van der Waals surface area contributed by atoms with E-state index < -0.39 is 0 Å². The van der Waals surface area contributed by atoms with Crippen LogP contribution in [0.1, 0.15) is 48.1 Å². The van der Waals surface area contributed by atoms with Crippen LogP contribution in [0.25, 0.3) is 11.0 Å². The molecule has 0 unspecified atom stereocenters. The number of halogens is 1. The van der Waals surface area contributed by atoms with Crippen LogP contribution in [0, 0.1) is 19.7 Å². The Bertz CT molecular complexity index is 942. The maximum absolute atomic E-state index is 13.5. The van der Waals surface area contributed by atoms with Gasteiger partial charge in [0.1, 0.15) is 17.4 Å². The molecule has 0 radical (unpaired) electrons. The number of imidazole rings is 1. The minimum atomic E-state index is -0.303. The molecule has 26 heavy (non-hydrogen) atoms. The summed E-state index contributed by atoms with van der Waals surface area (Å²) in [7, 11) is 0. The molecule has 0 aliphatic carbocycles. The lowest BCUT2D eigenvalue weighted by Gasteiger charge is -2.34. The van der Waals surface area contributed by atoms with Gasteiger partial charge in [-0.15, -0.1) is 0 Å². The summed E-state index contributed by atoms with van der Waals surface area (Å²) in [6.07, 6.45) is 3.12. The third-order valence-electron chi connectivity index (χ3n) is 5.11. The predicted octanol–water partition coefficient (Wildman–Crippen LogP) is 3.60. The van der Waals surface area contributed by atoms with E-state index in [-0.39, 0.29) is 24.2 Å². The molecule has 3 aromatic rings. The zero-order valence-corrected chi connectivity index (χ0v) is 14.9. The number of likely N-dealkylation sites (tertiary alicyclic amines) is 1. The van der Waals surface area contributed by atoms with Crippen LogP contribution in [0.2, 0.25) is 0 Å². The summed E-state index contributed by atoms with van der Waals surface area (Å²) in [4.78, 5) is 22.6. The molecule has 1 amide bonds. The summed E-state index contributed by atoms with van der Waals surface area (Å²) < 4.78 is 18.6. The lowest BCUT2D eigenvalue weighted by atomic mass is 10.00. The quantitative estimate of drug-likeness (QED) is 0.778. The lowest BCUT2D eigenvalue weighted by Crippen LogP contribution is -2.40. The first-order valence-corrected chi connectivity index (χ1v) is 8.89. The van der Waals surface area contributed by atoms with Gasteiger partial charge in [-0.25, -0.2) is 9.37 Å². The first-order chi connectivity index (χ1) is 12.5. The van der Waals surface area contributed by atoms with Crippen molar-refractivity contribution < 1.29 is 13.7 Å². The number of hydrogen-bond donors (Lipinski definition) is 1. The number of hydrogen-bond acceptors (Lipinski definition) is 4. The van der Waals surface area contributed by atoms with E-state index in [1.165, 1.54) is 12.1 Å². The van der Waals surface area contributed by atoms with Crippen molar-refractivity contribution >= 4 is 16.9 Å². The van der Waals surface area contributed by atoms with Crippen molar-refractivity contribution in [3.63, 3.8) is 0 Å². The van der Waals surface area contributed by atoms with Gasteiger partial charge in [-0.2, -0.15) is 0 Å². The molecule has 136 valence electrons. The van der Waals surface area contributed by atoms with Crippen molar-refractivity contribution in [1.29, 1.82) is 0 Å². The number of aryl methyl sites for hydroxylation is 2.